The summed E-state index contributed by atoms with van der Waals surface area (Å²) in [4.78, 5) is 25.5. The van der Waals surface area contributed by atoms with Gasteiger partial charge in [-0.05, 0) is 49.9 Å². The van der Waals surface area contributed by atoms with Gasteiger partial charge in [-0.15, -0.1) is 0 Å². The number of carbonyl (C=O) groups excluding carboxylic acids is 2. The zero-order chi connectivity index (χ0) is 14.5. The average molecular weight is 275 g/mol. The first-order valence-corrected chi connectivity index (χ1v) is 7.01. The molecule has 0 bridgehead atoms. The van der Waals surface area contributed by atoms with E-state index in [4.69, 9.17) is 11.5 Å². The van der Waals surface area contributed by atoms with Gasteiger partial charge in [0.1, 0.15) is 0 Å². The summed E-state index contributed by atoms with van der Waals surface area (Å²) in [7, 11) is 0. The fraction of sp³-hybridized carbons (Fsp3) is 0.467. The summed E-state index contributed by atoms with van der Waals surface area (Å²) in [6.45, 7) is 2.17. The van der Waals surface area contributed by atoms with E-state index in [1.165, 1.54) is 0 Å². The second-order valence-corrected chi connectivity index (χ2v) is 5.28. The van der Waals surface area contributed by atoms with Crippen molar-refractivity contribution in [3.05, 3.63) is 35.4 Å². The average Bonchev–Trinajstić information content (AvgIpc) is 2.47. The van der Waals surface area contributed by atoms with Crippen molar-refractivity contribution in [1.82, 2.24) is 4.90 Å². The third-order valence-electron chi connectivity index (χ3n) is 3.78. The van der Waals surface area contributed by atoms with Gasteiger partial charge in [0.2, 0.25) is 5.91 Å². The van der Waals surface area contributed by atoms with Gasteiger partial charge in [-0.25, -0.2) is 0 Å². The Hall–Kier alpha value is -1.88. The first kappa shape index (κ1) is 14.5. The number of benzene rings is 1. The van der Waals surface area contributed by atoms with Gasteiger partial charge < -0.3 is 16.4 Å². The Kier molecular flexibility index (Phi) is 4.74. The number of hydrogen-bond donors (Lipinski definition) is 2. The summed E-state index contributed by atoms with van der Waals surface area (Å²) in [6, 6.07) is 6.60. The molecular weight excluding hydrogens is 254 g/mol. The molecule has 1 aromatic rings. The maximum atomic E-state index is 12.5. The van der Waals surface area contributed by atoms with Crippen molar-refractivity contribution in [2.75, 3.05) is 19.6 Å². The minimum atomic E-state index is -0.515. The molecule has 20 heavy (non-hydrogen) atoms. The third kappa shape index (κ3) is 3.36. The second-order valence-electron chi connectivity index (χ2n) is 5.28. The summed E-state index contributed by atoms with van der Waals surface area (Å²) in [5.74, 6) is -0.0638. The van der Waals surface area contributed by atoms with Crippen LogP contribution in [0.15, 0.2) is 24.3 Å². The molecule has 1 aromatic carbocycles. The molecule has 5 nitrogen and oxygen atoms in total. The summed E-state index contributed by atoms with van der Waals surface area (Å²) in [6.07, 6.45) is 3.08. The monoisotopic (exact) mass is 275 g/mol. The molecule has 0 spiro atoms. The van der Waals surface area contributed by atoms with Gasteiger partial charge in [0.25, 0.3) is 5.91 Å². The van der Waals surface area contributed by atoms with Crippen LogP contribution in [0.5, 0.6) is 0 Å². The number of piperidine rings is 1. The van der Waals surface area contributed by atoms with Crippen molar-refractivity contribution in [3.8, 4) is 0 Å². The van der Waals surface area contributed by atoms with Crippen molar-refractivity contribution in [2.45, 2.75) is 19.3 Å². The number of hydrogen-bond acceptors (Lipinski definition) is 3. The predicted molar refractivity (Wildman–Crippen MR) is 77.3 cm³/mol. The van der Waals surface area contributed by atoms with E-state index in [0.717, 1.165) is 32.4 Å². The van der Waals surface area contributed by atoms with E-state index in [1.807, 2.05) is 4.90 Å². The zero-order valence-electron chi connectivity index (χ0n) is 11.5. The lowest BCUT2D eigenvalue weighted by molar-refractivity contribution is 0.0669. The Bertz CT molecular complexity index is 500. The largest absolute Gasteiger partial charge is 0.366 e. The van der Waals surface area contributed by atoms with Crippen molar-refractivity contribution in [1.29, 1.82) is 0 Å². The Morgan fingerprint density at radius 1 is 1.30 bits per heavy atom. The molecule has 1 fully saturated rings. The summed E-state index contributed by atoms with van der Waals surface area (Å²) in [5.41, 5.74) is 11.7. The standard InChI is InChI=1S/C15H21N3O2/c16-7-6-11-3-2-8-18(10-11)15(20)13-5-1-4-12(9-13)14(17)19/h1,4-5,9,11H,2-3,6-8,10,16H2,(H2,17,19). The van der Waals surface area contributed by atoms with E-state index in [9.17, 15) is 9.59 Å². The zero-order valence-corrected chi connectivity index (χ0v) is 11.5. The SMILES string of the molecule is NCCC1CCCN(C(=O)c2cccc(C(N)=O)c2)C1. The van der Waals surface area contributed by atoms with Crippen LogP contribution in [0.2, 0.25) is 0 Å². The van der Waals surface area contributed by atoms with Gasteiger partial charge in [-0.1, -0.05) is 6.07 Å². The highest BCUT2D eigenvalue weighted by molar-refractivity contribution is 5.99. The fourth-order valence-corrected chi connectivity index (χ4v) is 2.71. The van der Waals surface area contributed by atoms with Crippen LogP contribution < -0.4 is 11.5 Å². The van der Waals surface area contributed by atoms with Gasteiger partial charge in [0.15, 0.2) is 0 Å². The number of nitrogens with two attached hydrogens (primary N) is 2. The highest BCUT2D eigenvalue weighted by Crippen LogP contribution is 2.21. The maximum Gasteiger partial charge on any atom is 0.253 e. The lowest BCUT2D eigenvalue weighted by atomic mass is 9.94. The number of nitrogens with zero attached hydrogens (tertiary/aromatic N) is 1. The van der Waals surface area contributed by atoms with E-state index in [2.05, 4.69) is 0 Å². The first-order chi connectivity index (χ1) is 9.61. The molecule has 1 heterocycles. The normalized spacial score (nSPS) is 18.9. The van der Waals surface area contributed by atoms with Crippen LogP contribution in [-0.4, -0.2) is 36.3 Å². The van der Waals surface area contributed by atoms with Gasteiger partial charge in [-0.3, -0.25) is 9.59 Å². The van der Waals surface area contributed by atoms with E-state index in [0.29, 0.717) is 23.6 Å². The minimum absolute atomic E-state index is 0.0326. The Balaban J connectivity index is 2.10. The molecule has 1 unspecified atom stereocenters. The molecule has 0 radical (unpaired) electrons. The predicted octanol–water partition coefficient (Wildman–Crippen LogP) is 0.987. The Labute approximate surface area is 118 Å². The van der Waals surface area contributed by atoms with Crippen LogP contribution >= 0.6 is 0 Å². The van der Waals surface area contributed by atoms with E-state index >= 15 is 0 Å². The van der Waals surface area contributed by atoms with Gasteiger partial charge in [0.05, 0.1) is 0 Å². The number of primary amides is 1. The molecular formula is C15H21N3O2. The van der Waals surface area contributed by atoms with E-state index in [1.54, 1.807) is 24.3 Å². The van der Waals surface area contributed by atoms with Crippen molar-refractivity contribution in [2.24, 2.45) is 17.4 Å². The minimum Gasteiger partial charge on any atom is -0.366 e. The smallest absolute Gasteiger partial charge is 0.253 e. The molecule has 1 aliphatic heterocycles. The molecule has 1 aliphatic rings. The molecule has 1 atom stereocenters. The fourth-order valence-electron chi connectivity index (χ4n) is 2.71. The summed E-state index contributed by atoms with van der Waals surface area (Å²) in [5, 5.41) is 0. The highest BCUT2D eigenvalue weighted by Gasteiger charge is 2.24. The molecule has 0 saturated carbocycles. The van der Waals surface area contributed by atoms with Gasteiger partial charge >= 0.3 is 0 Å². The molecule has 5 heteroatoms. The molecule has 0 aromatic heterocycles. The topological polar surface area (TPSA) is 89.4 Å². The molecule has 2 amide bonds. The number of carbonyl (C=O) groups is 2. The van der Waals surface area contributed by atoms with Gasteiger partial charge in [0, 0.05) is 24.2 Å². The second kappa shape index (κ2) is 6.52. The number of likely N-dealkylation sites (tertiary alicyclic amines) is 1. The van der Waals surface area contributed by atoms with Crippen LogP contribution in [0.4, 0.5) is 0 Å². The maximum absolute atomic E-state index is 12.5. The lowest BCUT2D eigenvalue weighted by Gasteiger charge is -2.32. The quantitative estimate of drug-likeness (QED) is 0.858. The van der Waals surface area contributed by atoms with E-state index < -0.39 is 5.91 Å². The van der Waals surface area contributed by atoms with Crippen molar-refractivity contribution in [3.63, 3.8) is 0 Å². The third-order valence-corrected chi connectivity index (χ3v) is 3.78. The van der Waals surface area contributed by atoms with Crippen LogP contribution in [0.25, 0.3) is 0 Å². The first-order valence-electron chi connectivity index (χ1n) is 7.01. The van der Waals surface area contributed by atoms with Crippen LogP contribution in [0.1, 0.15) is 40.0 Å². The number of amides is 2. The Morgan fingerprint density at radius 3 is 2.75 bits per heavy atom. The Morgan fingerprint density at radius 2 is 2.05 bits per heavy atom. The highest BCUT2D eigenvalue weighted by atomic mass is 16.2. The molecule has 0 aliphatic carbocycles. The van der Waals surface area contributed by atoms with Crippen LogP contribution in [0.3, 0.4) is 0 Å². The van der Waals surface area contributed by atoms with Crippen LogP contribution in [-0.2, 0) is 0 Å². The summed E-state index contributed by atoms with van der Waals surface area (Å²) < 4.78 is 0. The molecule has 1 saturated heterocycles. The van der Waals surface area contributed by atoms with Crippen LogP contribution in [0, 0.1) is 5.92 Å². The van der Waals surface area contributed by atoms with Gasteiger partial charge in [-0.2, -0.15) is 0 Å². The van der Waals surface area contributed by atoms with Crippen molar-refractivity contribution >= 4 is 11.8 Å². The molecule has 2 rings (SSSR count). The summed E-state index contributed by atoms with van der Waals surface area (Å²) >= 11 is 0. The van der Waals surface area contributed by atoms with E-state index in [-0.39, 0.29) is 5.91 Å². The number of rotatable bonds is 4. The molecule has 4 N–H and O–H groups in total. The molecule has 108 valence electrons. The lowest BCUT2D eigenvalue weighted by Crippen LogP contribution is -2.40. The van der Waals surface area contributed by atoms with Crippen molar-refractivity contribution < 1.29 is 9.59 Å².